The summed E-state index contributed by atoms with van der Waals surface area (Å²) in [5.74, 6) is -3.02. The highest BCUT2D eigenvalue weighted by atomic mass is 16.6. The van der Waals surface area contributed by atoms with E-state index in [2.05, 4.69) is 6.92 Å². The second kappa shape index (κ2) is 8.77. The summed E-state index contributed by atoms with van der Waals surface area (Å²) < 4.78 is 11.7. The van der Waals surface area contributed by atoms with Crippen LogP contribution in [0.3, 0.4) is 0 Å². The molecule has 200 valence electrons. The average molecular weight is 505 g/mol. The third-order valence-electron chi connectivity index (χ3n) is 9.58. The standard InChI is InChI=1S/C28H40O8/c1-7-8-9-10-20(31)36-27-13-16(3)26-12-15(2)24(35-17(4)30)28(26,34)22(32)18(14-29)11-19(23(26)33)21(27)25(27,5)6/h11-12,16,19,21-22,24,29,32,34H,7-10,13-14H2,1-6H3/t16-,19+,21-,22-,24+,26+,27+,28+/m1/s1. The molecule has 0 aromatic rings. The second-order valence-corrected chi connectivity index (χ2v) is 11.9. The van der Waals surface area contributed by atoms with Crippen molar-refractivity contribution in [3.05, 3.63) is 23.3 Å². The molecule has 1 spiro atoms. The summed E-state index contributed by atoms with van der Waals surface area (Å²) in [6.07, 6.45) is 3.53. The Balaban J connectivity index is 1.86. The topological polar surface area (TPSA) is 130 Å². The van der Waals surface area contributed by atoms with E-state index >= 15 is 0 Å². The van der Waals surface area contributed by atoms with Crippen LogP contribution in [-0.2, 0) is 23.9 Å². The van der Waals surface area contributed by atoms with E-state index in [0.717, 1.165) is 19.3 Å². The zero-order valence-corrected chi connectivity index (χ0v) is 22.2. The third-order valence-corrected chi connectivity index (χ3v) is 9.58. The number of ketones is 1. The van der Waals surface area contributed by atoms with Crippen molar-refractivity contribution in [1.82, 2.24) is 0 Å². The van der Waals surface area contributed by atoms with Crippen LogP contribution >= 0.6 is 0 Å². The predicted octanol–water partition coefficient (Wildman–Crippen LogP) is 2.63. The molecular weight excluding hydrogens is 464 g/mol. The fourth-order valence-corrected chi connectivity index (χ4v) is 7.83. The number of unbranched alkanes of at least 4 members (excludes halogenated alkanes) is 2. The van der Waals surface area contributed by atoms with Crippen molar-refractivity contribution in [3.63, 3.8) is 0 Å². The van der Waals surface area contributed by atoms with Gasteiger partial charge in [0.2, 0.25) is 0 Å². The number of aliphatic hydroxyl groups is 3. The predicted molar refractivity (Wildman–Crippen MR) is 130 cm³/mol. The molecule has 0 aromatic heterocycles. The molecule has 4 rings (SSSR count). The number of aliphatic hydroxyl groups excluding tert-OH is 2. The summed E-state index contributed by atoms with van der Waals surface area (Å²) in [5.41, 5.74) is -4.71. The highest BCUT2D eigenvalue weighted by molar-refractivity contribution is 5.96. The Labute approximate surface area is 212 Å². The maximum absolute atomic E-state index is 14.5. The minimum absolute atomic E-state index is 0.0953. The monoisotopic (exact) mass is 504 g/mol. The minimum atomic E-state index is -2.21. The van der Waals surface area contributed by atoms with Gasteiger partial charge in [-0.2, -0.15) is 0 Å². The van der Waals surface area contributed by atoms with E-state index in [9.17, 15) is 29.7 Å². The molecule has 0 aliphatic heterocycles. The molecular formula is C28H40O8. The average Bonchev–Trinajstić information content (AvgIpc) is 3.19. The Bertz CT molecular complexity index is 1030. The summed E-state index contributed by atoms with van der Waals surface area (Å²) in [5, 5.41) is 34.0. The van der Waals surface area contributed by atoms with Crippen molar-refractivity contribution in [3.8, 4) is 0 Å². The Morgan fingerprint density at radius 2 is 1.89 bits per heavy atom. The van der Waals surface area contributed by atoms with Gasteiger partial charge in [0.05, 0.1) is 12.0 Å². The van der Waals surface area contributed by atoms with E-state index in [1.165, 1.54) is 6.92 Å². The molecule has 2 saturated carbocycles. The molecule has 3 N–H and O–H groups in total. The van der Waals surface area contributed by atoms with Crippen LogP contribution in [0.1, 0.15) is 73.6 Å². The summed E-state index contributed by atoms with van der Waals surface area (Å²) in [4.78, 5) is 39.4. The van der Waals surface area contributed by atoms with Crippen molar-refractivity contribution in [1.29, 1.82) is 0 Å². The van der Waals surface area contributed by atoms with Crippen molar-refractivity contribution in [2.45, 2.75) is 97.1 Å². The van der Waals surface area contributed by atoms with Crippen LogP contribution in [-0.4, -0.2) is 63.1 Å². The molecule has 0 unspecified atom stereocenters. The first-order chi connectivity index (χ1) is 16.8. The van der Waals surface area contributed by atoms with Crippen molar-refractivity contribution < 1.29 is 39.2 Å². The fraction of sp³-hybridized carbons (Fsp3) is 0.750. The third kappa shape index (κ3) is 3.33. The van der Waals surface area contributed by atoms with E-state index in [1.807, 2.05) is 20.8 Å². The van der Waals surface area contributed by atoms with Crippen LogP contribution in [0, 0.1) is 28.6 Å². The van der Waals surface area contributed by atoms with Crippen LogP contribution in [0.15, 0.2) is 23.3 Å². The SMILES string of the molecule is CCCCCC(=O)O[C@@]12C[C@@H](C)[C@]34C=C(C)[C@H](OC(C)=O)[C@@]3(O)[C@H](O)C(CO)=C[C@H](C4=O)[C@@H]1C2(C)C. The van der Waals surface area contributed by atoms with E-state index in [0.29, 0.717) is 18.4 Å². The van der Waals surface area contributed by atoms with Gasteiger partial charge in [-0.1, -0.05) is 52.7 Å². The van der Waals surface area contributed by atoms with Crippen LogP contribution in [0.2, 0.25) is 0 Å². The van der Waals surface area contributed by atoms with Gasteiger partial charge in [0.25, 0.3) is 0 Å². The van der Waals surface area contributed by atoms with E-state index in [1.54, 1.807) is 19.1 Å². The molecule has 36 heavy (non-hydrogen) atoms. The second-order valence-electron chi connectivity index (χ2n) is 11.9. The number of rotatable bonds is 7. The number of ether oxygens (including phenoxy) is 2. The maximum atomic E-state index is 14.5. The smallest absolute Gasteiger partial charge is 0.306 e. The number of allylic oxidation sites excluding steroid dienone is 1. The number of esters is 2. The number of carbonyl (C=O) groups is 3. The van der Waals surface area contributed by atoms with Gasteiger partial charge in [0.1, 0.15) is 11.7 Å². The van der Waals surface area contributed by atoms with Crippen LogP contribution < -0.4 is 0 Å². The molecule has 0 radical (unpaired) electrons. The number of hydrogen-bond acceptors (Lipinski definition) is 8. The number of hydrogen-bond donors (Lipinski definition) is 3. The molecule has 8 heteroatoms. The lowest BCUT2D eigenvalue weighted by molar-refractivity contribution is -0.203. The first kappa shape index (κ1) is 27.0. The van der Waals surface area contributed by atoms with Gasteiger partial charge in [0.15, 0.2) is 17.5 Å². The summed E-state index contributed by atoms with van der Waals surface area (Å²) in [6.45, 7) is 10.1. The first-order valence-corrected chi connectivity index (χ1v) is 13.1. The maximum Gasteiger partial charge on any atom is 0.306 e. The van der Waals surface area contributed by atoms with Gasteiger partial charge in [-0.05, 0) is 36.8 Å². The number of fused-ring (bicyclic) bond motifs is 3. The molecule has 2 bridgehead atoms. The first-order valence-electron chi connectivity index (χ1n) is 13.1. The normalized spacial score (nSPS) is 42.2. The number of carbonyl (C=O) groups excluding carboxylic acids is 3. The van der Waals surface area contributed by atoms with Gasteiger partial charge < -0.3 is 24.8 Å². The van der Waals surface area contributed by atoms with Gasteiger partial charge in [0, 0.05) is 30.6 Å². The molecule has 8 nitrogen and oxygen atoms in total. The molecule has 0 saturated heterocycles. The van der Waals surface area contributed by atoms with Crippen molar-refractivity contribution in [2.24, 2.45) is 28.6 Å². The summed E-state index contributed by atoms with van der Waals surface area (Å²) >= 11 is 0. The molecule has 0 heterocycles. The molecule has 0 amide bonds. The lowest BCUT2D eigenvalue weighted by Crippen LogP contribution is -2.66. The van der Waals surface area contributed by atoms with E-state index < -0.39 is 58.7 Å². The zero-order valence-electron chi connectivity index (χ0n) is 22.2. The van der Waals surface area contributed by atoms with Gasteiger partial charge in [-0.3, -0.25) is 14.4 Å². The Kier molecular flexibility index (Phi) is 6.59. The quantitative estimate of drug-likeness (QED) is 0.274. The highest BCUT2D eigenvalue weighted by Crippen LogP contribution is 2.75. The lowest BCUT2D eigenvalue weighted by Gasteiger charge is -2.49. The minimum Gasteiger partial charge on any atom is -0.458 e. The van der Waals surface area contributed by atoms with Crippen LogP contribution in [0.25, 0.3) is 0 Å². The zero-order chi connectivity index (χ0) is 26.8. The highest BCUT2D eigenvalue weighted by Gasteiger charge is 2.83. The Morgan fingerprint density at radius 3 is 2.47 bits per heavy atom. The largest absolute Gasteiger partial charge is 0.458 e. The van der Waals surface area contributed by atoms with Crippen molar-refractivity contribution in [2.75, 3.05) is 6.61 Å². The van der Waals surface area contributed by atoms with E-state index in [-0.39, 0.29) is 23.2 Å². The Hall–Kier alpha value is -2.03. The summed E-state index contributed by atoms with van der Waals surface area (Å²) in [6, 6.07) is 0. The molecule has 4 aliphatic carbocycles. The lowest BCUT2D eigenvalue weighted by atomic mass is 9.59. The van der Waals surface area contributed by atoms with Gasteiger partial charge >= 0.3 is 11.9 Å². The van der Waals surface area contributed by atoms with Gasteiger partial charge in [-0.25, -0.2) is 0 Å². The van der Waals surface area contributed by atoms with Crippen LogP contribution in [0.5, 0.6) is 0 Å². The fourth-order valence-electron chi connectivity index (χ4n) is 7.83. The Morgan fingerprint density at radius 1 is 1.22 bits per heavy atom. The van der Waals surface area contributed by atoms with Gasteiger partial charge in [-0.15, -0.1) is 0 Å². The van der Waals surface area contributed by atoms with E-state index in [4.69, 9.17) is 9.47 Å². The number of Topliss-reactive ketones (excluding diaryl/α,β-unsaturated/α-hetero) is 1. The molecule has 0 aromatic carbocycles. The molecule has 8 atom stereocenters. The molecule has 4 aliphatic rings. The molecule has 2 fully saturated rings. The summed E-state index contributed by atoms with van der Waals surface area (Å²) in [7, 11) is 0. The van der Waals surface area contributed by atoms with Crippen LogP contribution in [0.4, 0.5) is 0 Å². The van der Waals surface area contributed by atoms with Crippen molar-refractivity contribution >= 4 is 17.7 Å².